The summed E-state index contributed by atoms with van der Waals surface area (Å²) in [6, 6.07) is 29.3. The Hall–Kier alpha value is -2.66. The van der Waals surface area contributed by atoms with Crippen molar-refractivity contribution in [3.63, 3.8) is 0 Å². The molecule has 0 unspecified atom stereocenters. The van der Waals surface area contributed by atoms with Gasteiger partial charge in [0.05, 0.1) is 0 Å². The van der Waals surface area contributed by atoms with Crippen molar-refractivity contribution < 1.29 is 9.22 Å². The van der Waals surface area contributed by atoms with Crippen LogP contribution < -0.4 is 9.22 Å². The zero-order valence-electron chi connectivity index (χ0n) is 14.8. The van der Waals surface area contributed by atoms with Gasteiger partial charge in [-0.05, 0) is 0 Å². The molecule has 3 aromatic rings. The summed E-state index contributed by atoms with van der Waals surface area (Å²) in [7, 11) is 0. The van der Waals surface area contributed by atoms with Gasteiger partial charge < -0.3 is 0 Å². The molecule has 4 heteroatoms. The van der Waals surface area contributed by atoms with Crippen LogP contribution in [0.5, 0.6) is 17.2 Å². The molecule has 0 aliphatic heterocycles. The Balaban J connectivity index is 1.76. The predicted molar refractivity (Wildman–Crippen MR) is 109 cm³/mol. The number of hydrogen-bond acceptors (Lipinski definition) is 3. The molecule has 134 valence electrons. The Morgan fingerprint density at radius 3 is 1.15 bits per heavy atom. The average Bonchev–Trinajstić information content (AvgIpc) is 3.26. The number of rotatable bonds is 7. The molecule has 0 fully saturated rings. The summed E-state index contributed by atoms with van der Waals surface area (Å²) in [5.74, 6) is 2.27. The van der Waals surface area contributed by atoms with Crippen molar-refractivity contribution >= 4 is 19.6 Å². The number of hydrogen-bond donors (Lipinski definition) is 0. The van der Waals surface area contributed by atoms with Gasteiger partial charge in [0.15, 0.2) is 0 Å². The van der Waals surface area contributed by atoms with Crippen molar-refractivity contribution in [2.45, 2.75) is 3.93 Å². The van der Waals surface area contributed by atoms with Crippen LogP contribution in [0.1, 0.15) is 0 Å². The summed E-state index contributed by atoms with van der Waals surface area (Å²) >= 11 is -4.22. The Kier molecular flexibility index (Phi) is 5.49. The minimum absolute atomic E-state index is 0.0140. The molecule has 3 aromatic carbocycles. The van der Waals surface area contributed by atoms with Crippen LogP contribution in [0.3, 0.4) is 0 Å². The van der Waals surface area contributed by atoms with E-state index in [1.54, 1.807) is 0 Å². The molecular formula is C23H20O3Sn. The molecule has 1 aliphatic rings. The first kappa shape index (κ1) is 17.7. The van der Waals surface area contributed by atoms with E-state index in [2.05, 4.69) is 12.2 Å². The van der Waals surface area contributed by atoms with Crippen LogP contribution in [0.4, 0.5) is 0 Å². The second-order valence-corrected chi connectivity index (χ2v) is 13.2. The fourth-order valence-corrected chi connectivity index (χ4v) is 10.4. The molecule has 1 aliphatic carbocycles. The van der Waals surface area contributed by atoms with E-state index in [1.807, 2.05) is 103 Å². The molecule has 0 heterocycles. The third-order valence-corrected chi connectivity index (χ3v) is 12.0. The molecule has 0 amide bonds. The van der Waals surface area contributed by atoms with Gasteiger partial charge in [0.25, 0.3) is 0 Å². The number of para-hydroxylation sites is 3. The van der Waals surface area contributed by atoms with E-state index in [9.17, 15) is 0 Å². The second-order valence-electron chi connectivity index (χ2n) is 6.14. The normalized spacial score (nSPS) is 13.5. The Morgan fingerprint density at radius 1 is 0.481 bits per heavy atom. The summed E-state index contributed by atoms with van der Waals surface area (Å²) in [6.45, 7) is 0. The first-order valence-electron chi connectivity index (χ1n) is 8.91. The third-order valence-electron chi connectivity index (χ3n) is 4.17. The van der Waals surface area contributed by atoms with E-state index < -0.39 is 19.6 Å². The van der Waals surface area contributed by atoms with Gasteiger partial charge in [-0.2, -0.15) is 0 Å². The van der Waals surface area contributed by atoms with Gasteiger partial charge in [-0.1, -0.05) is 0 Å². The zero-order valence-corrected chi connectivity index (χ0v) is 17.6. The molecule has 0 spiro atoms. The van der Waals surface area contributed by atoms with Gasteiger partial charge in [-0.15, -0.1) is 0 Å². The van der Waals surface area contributed by atoms with Crippen molar-refractivity contribution in [2.24, 2.45) is 0 Å². The van der Waals surface area contributed by atoms with Crippen LogP contribution >= 0.6 is 0 Å². The fourth-order valence-electron chi connectivity index (χ4n) is 2.89. The van der Waals surface area contributed by atoms with Crippen molar-refractivity contribution in [2.75, 3.05) is 0 Å². The molecule has 0 radical (unpaired) electrons. The quantitative estimate of drug-likeness (QED) is 0.424. The Bertz CT molecular complexity index is 795. The second kappa shape index (κ2) is 8.35. The van der Waals surface area contributed by atoms with E-state index in [0.717, 1.165) is 17.2 Å². The molecule has 0 saturated carbocycles. The van der Waals surface area contributed by atoms with Crippen LogP contribution in [0.15, 0.2) is 115 Å². The fraction of sp³-hybridized carbons (Fsp3) is 0.0435. The molecule has 4 rings (SSSR count). The van der Waals surface area contributed by atoms with Crippen LogP contribution in [0, 0.1) is 0 Å². The number of benzene rings is 3. The first-order chi connectivity index (χ1) is 13.3. The third kappa shape index (κ3) is 4.37. The Morgan fingerprint density at radius 2 is 0.815 bits per heavy atom. The predicted octanol–water partition coefficient (Wildman–Crippen LogP) is 5.66. The summed E-state index contributed by atoms with van der Waals surface area (Å²) in [5, 5.41) is 0. The van der Waals surface area contributed by atoms with E-state index in [1.165, 1.54) is 0 Å². The molecule has 3 nitrogen and oxygen atoms in total. The summed E-state index contributed by atoms with van der Waals surface area (Å²) in [5.41, 5.74) is 0. The minimum atomic E-state index is -4.22. The molecule has 27 heavy (non-hydrogen) atoms. The van der Waals surface area contributed by atoms with Gasteiger partial charge in [-0.25, -0.2) is 0 Å². The standard InChI is InChI=1S/3C6H6O.C5H5.Sn/c3*7-6-4-2-1-3-5-6;1-2-4-5-3-1;/h3*1-5,7H;1-5H;/q;;;;+3/p-3. The van der Waals surface area contributed by atoms with Gasteiger partial charge in [0.1, 0.15) is 0 Å². The van der Waals surface area contributed by atoms with Gasteiger partial charge in [0, 0.05) is 0 Å². The van der Waals surface area contributed by atoms with E-state index in [4.69, 9.17) is 9.22 Å². The molecular weight excluding hydrogens is 443 g/mol. The van der Waals surface area contributed by atoms with Gasteiger partial charge >= 0.3 is 165 Å². The Labute approximate surface area is 165 Å². The van der Waals surface area contributed by atoms with E-state index >= 15 is 0 Å². The van der Waals surface area contributed by atoms with E-state index in [-0.39, 0.29) is 3.93 Å². The SMILES string of the molecule is C1=C[CH]([Sn]([O]c2ccccc2)([O]c2ccccc2)[O]c2ccccc2)C=C1. The first-order valence-corrected chi connectivity index (χ1v) is 14.1. The van der Waals surface area contributed by atoms with Crippen molar-refractivity contribution in [1.82, 2.24) is 0 Å². The van der Waals surface area contributed by atoms with Gasteiger partial charge in [-0.3, -0.25) is 0 Å². The molecule has 0 atom stereocenters. The average molecular weight is 463 g/mol. The number of allylic oxidation sites excluding steroid dienone is 4. The summed E-state index contributed by atoms with van der Waals surface area (Å²) in [4.78, 5) is 0. The van der Waals surface area contributed by atoms with E-state index in [0.29, 0.717) is 0 Å². The van der Waals surface area contributed by atoms with Crippen LogP contribution in [0.25, 0.3) is 0 Å². The molecule has 0 N–H and O–H groups in total. The van der Waals surface area contributed by atoms with Crippen molar-refractivity contribution in [3.05, 3.63) is 115 Å². The van der Waals surface area contributed by atoms with Crippen LogP contribution in [-0.2, 0) is 0 Å². The molecule has 0 saturated heterocycles. The zero-order chi connectivity index (χ0) is 18.4. The van der Waals surface area contributed by atoms with Crippen LogP contribution in [-0.4, -0.2) is 19.6 Å². The van der Waals surface area contributed by atoms with Crippen molar-refractivity contribution in [3.8, 4) is 17.2 Å². The maximum absolute atomic E-state index is 6.56. The monoisotopic (exact) mass is 464 g/mol. The maximum atomic E-state index is 6.56. The molecule has 0 aromatic heterocycles. The topological polar surface area (TPSA) is 27.7 Å². The summed E-state index contributed by atoms with van der Waals surface area (Å²) in [6.07, 6.45) is 8.25. The molecule has 0 bridgehead atoms. The summed E-state index contributed by atoms with van der Waals surface area (Å²) < 4.78 is 19.7. The van der Waals surface area contributed by atoms with Gasteiger partial charge in [0.2, 0.25) is 0 Å². The van der Waals surface area contributed by atoms with Crippen molar-refractivity contribution in [1.29, 1.82) is 0 Å². The van der Waals surface area contributed by atoms with Crippen LogP contribution in [0.2, 0.25) is 3.93 Å².